The van der Waals surface area contributed by atoms with Gasteiger partial charge in [0.2, 0.25) is 5.78 Å². The van der Waals surface area contributed by atoms with Crippen LogP contribution in [0, 0.1) is 27.9 Å². The third-order valence-electron chi connectivity index (χ3n) is 9.80. The number of aliphatic hydroxyl groups is 4. The summed E-state index contributed by atoms with van der Waals surface area (Å²) in [5, 5.41) is 66.6. The van der Waals surface area contributed by atoms with Gasteiger partial charge in [-0.25, -0.2) is 0 Å². The highest BCUT2D eigenvalue weighted by Gasteiger charge is 2.68. The smallest absolute Gasteiger partial charge is 0.294 e. The van der Waals surface area contributed by atoms with Gasteiger partial charge in [-0.1, -0.05) is 19.1 Å². The molecule has 1 aliphatic heterocycles. The number of aliphatic hydroxyl groups excluding tert-OH is 3. The van der Waals surface area contributed by atoms with Crippen molar-refractivity contribution in [1.29, 1.82) is 0 Å². The van der Waals surface area contributed by atoms with Gasteiger partial charge in [0.1, 0.15) is 22.8 Å². The molecule has 5 rings (SSSR count). The van der Waals surface area contributed by atoms with E-state index in [1.54, 1.807) is 19.1 Å². The number of ketones is 3. The Morgan fingerprint density at radius 1 is 1.18 bits per heavy atom. The number of phenolic OH excluding ortho intramolecular Hbond substituents is 1. The number of likely N-dealkylation sites (N-methyl/N-ethyl adjacent to an activating group) is 1. The molecule has 6 unspecified atom stereocenters. The number of nitrogens with zero attached hydrogens (tertiary/aromatic N) is 3. The number of fused-ring (bicyclic) bond motifs is 3. The average Bonchev–Trinajstić information content (AvgIpc) is 2.97. The molecule has 1 aromatic rings. The zero-order valence-electron chi connectivity index (χ0n) is 24.7. The molecular formula is C30H37N3O11. The molecule has 14 heteroatoms. The molecule has 1 saturated carbocycles. The van der Waals surface area contributed by atoms with E-state index in [0.717, 1.165) is 0 Å². The van der Waals surface area contributed by atoms with Crippen molar-refractivity contribution in [3.8, 4) is 5.75 Å². The van der Waals surface area contributed by atoms with Crippen molar-refractivity contribution in [2.24, 2.45) is 17.8 Å². The summed E-state index contributed by atoms with van der Waals surface area (Å²) in [5.74, 6) is -8.22. The number of Topliss-reactive ketones (excluding diaryl/α,β-unsaturated/α-hetero) is 3. The SMILES string of the molecule is CC1c2cccc(O)c2C(O)=C2C(=O)C3(O)C(O)=C(C(=O)CCN4CCC(CO[N+](=O)[O-])CC4)C(=O)C(N(C)C)C3C(O)C21. The molecule has 0 amide bonds. The summed E-state index contributed by atoms with van der Waals surface area (Å²) in [6, 6.07) is 3.15. The molecule has 238 valence electrons. The summed E-state index contributed by atoms with van der Waals surface area (Å²) < 4.78 is 0. The zero-order valence-corrected chi connectivity index (χ0v) is 24.7. The fourth-order valence-corrected chi connectivity index (χ4v) is 7.54. The highest BCUT2D eigenvalue weighted by Crippen LogP contribution is 2.56. The molecule has 4 aliphatic rings. The van der Waals surface area contributed by atoms with Crippen molar-refractivity contribution >= 4 is 23.1 Å². The summed E-state index contributed by atoms with van der Waals surface area (Å²) in [6.07, 6.45) is -0.644. The number of aromatic hydroxyl groups is 1. The molecule has 44 heavy (non-hydrogen) atoms. The van der Waals surface area contributed by atoms with E-state index in [-0.39, 0.29) is 36.8 Å². The van der Waals surface area contributed by atoms with E-state index in [2.05, 4.69) is 4.84 Å². The minimum absolute atomic E-state index is 0.0132. The van der Waals surface area contributed by atoms with Crippen molar-refractivity contribution in [2.75, 3.05) is 40.3 Å². The maximum Gasteiger partial charge on any atom is 0.294 e. The molecule has 0 bridgehead atoms. The predicted octanol–water partition coefficient (Wildman–Crippen LogP) is 0.890. The minimum Gasteiger partial charge on any atom is -0.508 e. The van der Waals surface area contributed by atoms with Crippen LogP contribution in [0.2, 0.25) is 0 Å². The molecule has 14 nitrogen and oxygen atoms in total. The molecule has 6 atom stereocenters. The maximum absolute atomic E-state index is 14.2. The van der Waals surface area contributed by atoms with Crippen LogP contribution in [0.15, 0.2) is 35.1 Å². The highest BCUT2D eigenvalue weighted by molar-refractivity contribution is 6.25. The van der Waals surface area contributed by atoms with Crippen LogP contribution in [0.5, 0.6) is 5.75 Å². The third-order valence-corrected chi connectivity index (χ3v) is 9.80. The van der Waals surface area contributed by atoms with Crippen molar-refractivity contribution in [1.82, 2.24) is 9.80 Å². The van der Waals surface area contributed by atoms with Gasteiger partial charge in [0.05, 0.1) is 30.2 Å². The van der Waals surface area contributed by atoms with Crippen LogP contribution in [0.25, 0.3) is 5.76 Å². The first-order chi connectivity index (χ1) is 20.7. The highest BCUT2D eigenvalue weighted by atomic mass is 16.9. The molecular weight excluding hydrogens is 578 g/mol. The third kappa shape index (κ3) is 4.85. The second-order valence-electron chi connectivity index (χ2n) is 12.4. The van der Waals surface area contributed by atoms with Crippen molar-refractivity contribution < 1.29 is 49.8 Å². The number of hydrogen-bond acceptors (Lipinski definition) is 13. The zero-order chi connectivity index (χ0) is 32.2. The van der Waals surface area contributed by atoms with Crippen LogP contribution >= 0.6 is 0 Å². The number of piperidine rings is 1. The van der Waals surface area contributed by atoms with Crippen LogP contribution in [0.3, 0.4) is 0 Å². The number of benzene rings is 1. The Balaban J connectivity index is 1.48. The Labute approximate surface area is 252 Å². The Bertz CT molecular complexity index is 1460. The summed E-state index contributed by atoms with van der Waals surface area (Å²) in [7, 11) is 3.00. The fraction of sp³-hybridized carbons (Fsp3) is 0.567. The van der Waals surface area contributed by atoms with Gasteiger partial charge in [0, 0.05) is 24.5 Å². The van der Waals surface area contributed by atoms with Crippen LogP contribution in [-0.2, 0) is 19.2 Å². The first-order valence-corrected chi connectivity index (χ1v) is 14.6. The van der Waals surface area contributed by atoms with E-state index in [0.29, 0.717) is 31.5 Å². The lowest BCUT2D eigenvalue weighted by Crippen LogP contribution is -2.70. The van der Waals surface area contributed by atoms with Gasteiger partial charge in [-0.2, -0.15) is 0 Å². The Morgan fingerprint density at radius 2 is 1.84 bits per heavy atom. The Hall–Kier alpha value is -3.85. The van der Waals surface area contributed by atoms with Crippen molar-refractivity contribution in [2.45, 2.75) is 49.9 Å². The van der Waals surface area contributed by atoms with Crippen LogP contribution < -0.4 is 0 Å². The number of likely N-dealkylation sites (tertiary alicyclic amines) is 1. The van der Waals surface area contributed by atoms with Gasteiger partial charge in [-0.3, -0.25) is 19.3 Å². The van der Waals surface area contributed by atoms with E-state index in [1.165, 1.54) is 25.1 Å². The van der Waals surface area contributed by atoms with Gasteiger partial charge in [-0.15, -0.1) is 10.1 Å². The normalized spacial score (nSPS) is 31.1. The van der Waals surface area contributed by atoms with Gasteiger partial charge < -0.3 is 35.3 Å². The lowest BCUT2D eigenvalue weighted by Gasteiger charge is -2.53. The fourth-order valence-electron chi connectivity index (χ4n) is 7.54. The van der Waals surface area contributed by atoms with Gasteiger partial charge in [-0.05, 0) is 63.5 Å². The Morgan fingerprint density at radius 3 is 2.45 bits per heavy atom. The molecule has 3 aliphatic carbocycles. The topological polar surface area (TPSA) is 211 Å². The molecule has 2 fully saturated rings. The van der Waals surface area contributed by atoms with E-state index in [4.69, 9.17) is 0 Å². The summed E-state index contributed by atoms with van der Waals surface area (Å²) >= 11 is 0. The van der Waals surface area contributed by atoms with E-state index in [1.807, 2.05) is 4.90 Å². The molecule has 1 aromatic carbocycles. The molecule has 0 radical (unpaired) electrons. The van der Waals surface area contributed by atoms with Crippen LogP contribution in [0.1, 0.15) is 43.2 Å². The molecule has 1 heterocycles. The number of phenols is 1. The van der Waals surface area contributed by atoms with Crippen molar-refractivity contribution in [3.63, 3.8) is 0 Å². The second-order valence-corrected chi connectivity index (χ2v) is 12.4. The molecule has 0 spiro atoms. The van der Waals surface area contributed by atoms with Crippen LogP contribution in [-0.4, -0.2) is 116 Å². The number of carbonyl (C=O) groups is 3. The monoisotopic (exact) mass is 615 g/mol. The minimum atomic E-state index is -2.91. The molecule has 5 N–H and O–H groups in total. The average molecular weight is 616 g/mol. The lowest BCUT2D eigenvalue weighted by molar-refractivity contribution is -0.759. The largest absolute Gasteiger partial charge is 0.508 e. The summed E-state index contributed by atoms with van der Waals surface area (Å²) in [6.45, 7) is 2.91. The summed E-state index contributed by atoms with van der Waals surface area (Å²) in [5.41, 5.74) is -3.61. The number of carbonyl (C=O) groups excluding carboxylic acids is 3. The van der Waals surface area contributed by atoms with Crippen molar-refractivity contribution in [3.05, 3.63) is 56.3 Å². The van der Waals surface area contributed by atoms with E-state index >= 15 is 0 Å². The second kappa shape index (κ2) is 11.6. The summed E-state index contributed by atoms with van der Waals surface area (Å²) in [4.78, 5) is 59.8. The molecule has 0 aromatic heterocycles. The van der Waals surface area contributed by atoms with Gasteiger partial charge in [0.15, 0.2) is 17.2 Å². The van der Waals surface area contributed by atoms with E-state index < -0.39 is 80.6 Å². The van der Waals surface area contributed by atoms with Crippen LogP contribution in [0.4, 0.5) is 0 Å². The van der Waals surface area contributed by atoms with Gasteiger partial charge in [0.25, 0.3) is 5.09 Å². The lowest BCUT2D eigenvalue weighted by atomic mass is 9.54. The predicted molar refractivity (Wildman–Crippen MR) is 153 cm³/mol. The number of rotatable bonds is 8. The number of hydrogen-bond donors (Lipinski definition) is 5. The first-order valence-electron chi connectivity index (χ1n) is 14.6. The Kier molecular flexibility index (Phi) is 8.31. The quantitative estimate of drug-likeness (QED) is 0.156. The standard InChI is InChI=1S/C30H37N3O11/c1-14-16-5-4-6-17(34)20(16)25(36)22-19(14)26(37)23-24(31(2)3)27(38)21(28(39)30(23,41)29(22)40)18(35)9-12-32-10-7-15(8-11-32)13-44-33(42)43/h4-6,14-15,19,23-24,26,34,36-37,39,41H,7-13H2,1-3H3. The maximum atomic E-state index is 14.2. The molecule has 1 saturated heterocycles. The van der Waals surface area contributed by atoms with E-state index in [9.17, 15) is 50.0 Å². The first kappa shape index (κ1) is 31.6. The van der Waals surface area contributed by atoms with Gasteiger partial charge >= 0.3 is 0 Å².